The summed E-state index contributed by atoms with van der Waals surface area (Å²) in [5.41, 5.74) is 3.76. The molecule has 1 atom stereocenters. The molecule has 1 aromatic heterocycles. The SMILES string of the molecule is CCNC(=NCCc1c[nH]c2ccccc12)N1CCC(COCc2ccccc2)C1.I. The Morgan fingerprint density at radius 2 is 1.97 bits per heavy atom. The Bertz CT molecular complexity index is 956. The lowest BCUT2D eigenvalue weighted by Gasteiger charge is -2.21. The fraction of sp³-hybridized carbons (Fsp3) is 0.400. The molecule has 0 bridgehead atoms. The van der Waals surface area contributed by atoms with E-state index in [4.69, 9.17) is 9.73 Å². The Hall–Kier alpha value is -2.06. The van der Waals surface area contributed by atoms with Crippen LogP contribution in [0.1, 0.15) is 24.5 Å². The molecular weight excluding hydrogens is 499 g/mol. The molecule has 1 aliphatic rings. The van der Waals surface area contributed by atoms with E-state index in [0.717, 1.165) is 51.6 Å². The highest BCUT2D eigenvalue weighted by Crippen LogP contribution is 2.19. The summed E-state index contributed by atoms with van der Waals surface area (Å²) in [5.74, 6) is 1.59. The van der Waals surface area contributed by atoms with Gasteiger partial charge in [-0.1, -0.05) is 48.5 Å². The lowest BCUT2D eigenvalue weighted by atomic mass is 10.1. The standard InChI is InChI=1S/C25H32N4O.HI/c1-2-26-25(27-14-12-22-16-28-24-11-7-6-10-23(22)24)29-15-13-21(17-29)19-30-18-20-8-4-3-5-9-20;/h3-11,16,21,28H,2,12-15,17-19H2,1H3,(H,26,27);1H. The minimum absolute atomic E-state index is 0. The van der Waals surface area contributed by atoms with Gasteiger partial charge in [0.15, 0.2) is 5.96 Å². The molecule has 1 unspecified atom stereocenters. The van der Waals surface area contributed by atoms with Crippen LogP contribution in [0.4, 0.5) is 0 Å². The monoisotopic (exact) mass is 532 g/mol. The zero-order valence-electron chi connectivity index (χ0n) is 18.2. The molecule has 6 heteroatoms. The van der Waals surface area contributed by atoms with Crippen LogP contribution >= 0.6 is 24.0 Å². The van der Waals surface area contributed by atoms with Crippen LogP contribution in [0, 0.1) is 5.92 Å². The van der Waals surface area contributed by atoms with Crippen molar-refractivity contribution in [2.24, 2.45) is 10.9 Å². The first kappa shape index (κ1) is 23.6. The van der Waals surface area contributed by atoms with Crippen molar-refractivity contribution in [2.45, 2.75) is 26.4 Å². The second kappa shape index (κ2) is 12.1. The molecule has 0 amide bonds. The first-order chi connectivity index (χ1) is 14.8. The van der Waals surface area contributed by atoms with Gasteiger partial charge in [-0.25, -0.2) is 0 Å². The highest BCUT2D eigenvalue weighted by atomic mass is 127. The van der Waals surface area contributed by atoms with Crippen molar-refractivity contribution in [3.63, 3.8) is 0 Å². The number of benzene rings is 2. The topological polar surface area (TPSA) is 52.7 Å². The molecule has 1 fully saturated rings. The van der Waals surface area contributed by atoms with Crippen molar-refractivity contribution in [1.82, 2.24) is 15.2 Å². The number of aromatic nitrogens is 1. The zero-order valence-corrected chi connectivity index (χ0v) is 20.5. The number of aliphatic imine (C=N–C) groups is 1. The number of rotatable bonds is 8. The Morgan fingerprint density at radius 1 is 1.16 bits per heavy atom. The van der Waals surface area contributed by atoms with E-state index < -0.39 is 0 Å². The number of nitrogens with one attached hydrogen (secondary N) is 2. The van der Waals surface area contributed by atoms with Gasteiger partial charge >= 0.3 is 0 Å². The number of H-pyrrole nitrogens is 1. The first-order valence-corrected chi connectivity index (χ1v) is 11.0. The molecule has 2 aromatic carbocycles. The van der Waals surface area contributed by atoms with E-state index in [1.807, 2.05) is 6.07 Å². The van der Waals surface area contributed by atoms with Gasteiger partial charge in [0.25, 0.3) is 0 Å². The van der Waals surface area contributed by atoms with Gasteiger partial charge in [-0.3, -0.25) is 4.99 Å². The predicted molar refractivity (Wildman–Crippen MR) is 139 cm³/mol. The van der Waals surface area contributed by atoms with Crippen LogP contribution in [-0.4, -0.2) is 48.6 Å². The number of hydrogen-bond acceptors (Lipinski definition) is 2. The Balaban J connectivity index is 0.00000272. The molecule has 3 aromatic rings. The number of hydrogen-bond donors (Lipinski definition) is 2. The van der Waals surface area contributed by atoms with Gasteiger partial charge in [0.1, 0.15) is 0 Å². The van der Waals surface area contributed by atoms with Crippen LogP contribution in [0.3, 0.4) is 0 Å². The van der Waals surface area contributed by atoms with Crippen LogP contribution in [0.25, 0.3) is 10.9 Å². The minimum atomic E-state index is 0. The second-order valence-electron chi connectivity index (χ2n) is 7.95. The van der Waals surface area contributed by atoms with Crippen molar-refractivity contribution in [3.05, 3.63) is 71.9 Å². The molecule has 0 radical (unpaired) electrons. The average molecular weight is 532 g/mol. The minimum Gasteiger partial charge on any atom is -0.376 e. The maximum Gasteiger partial charge on any atom is 0.193 e. The second-order valence-corrected chi connectivity index (χ2v) is 7.95. The number of nitrogens with zero attached hydrogens (tertiary/aromatic N) is 2. The highest BCUT2D eigenvalue weighted by Gasteiger charge is 2.25. The lowest BCUT2D eigenvalue weighted by Crippen LogP contribution is -2.40. The Labute approximate surface area is 202 Å². The summed E-state index contributed by atoms with van der Waals surface area (Å²) in [7, 11) is 0. The third-order valence-electron chi connectivity index (χ3n) is 5.70. The Morgan fingerprint density at radius 3 is 2.81 bits per heavy atom. The molecule has 2 heterocycles. The van der Waals surface area contributed by atoms with Crippen LogP contribution in [-0.2, 0) is 17.8 Å². The van der Waals surface area contributed by atoms with Gasteiger partial charge in [0.2, 0.25) is 0 Å². The van der Waals surface area contributed by atoms with Gasteiger partial charge in [-0.2, -0.15) is 0 Å². The molecule has 0 spiro atoms. The van der Waals surface area contributed by atoms with Gasteiger partial charge in [-0.15, -0.1) is 24.0 Å². The fourth-order valence-corrected chi connectivity index (χ4v) is 4.13. The summed E-state index contributed by atoms with van der Waals surface area (Å²) >= 11 is 0. The fourth-order valence-electron chi connectivity index (χ4n) is 4.13. The maximum atomic E-state index is 5.97. The number of fused-ring (bicyclic) bond motifs is 1. The van der Waals surface area contributed by atoms with Gasteiger partial charge in [0, 0.05) is 49.2 Å². The number of halogens is 1. The van der Waals surface area contributed by atoms with Gasteiger partial charge in [0.05, 0.1) is 13.2 Å². The smallest absolute Gasteiger partial charge is 0.193 e. The third-order valence-corrected chi connectivity index (χ3v) is 5.70. The van der Waals surface area contributed by atoms with Crippen molar-refractivity contribution in [2.75, 3.05) is 32.8 Å². The summed E-state index contributed by atoms with van der Waals surface area (Å²) in [6, 6.07) is 18.9. The van der Waals surface area contributed by atoms with E-state index >= 15 is 0 Å². The average Bonchev–Trinajstić information content (AvgIpc) is 3.41. The van der Waals surface area contributed by atoms with E-state index in [9.17, 15) is 0 Å². The number of aromatic amines is 1. The van der Waals surface area contributed by atoms with E-state index in [0.29, 0.717) is 12.5 Å². The zero-order chi connectivity index (χ0) is 20.6. The Kier molecular flexibility index (Phi) is 9.21. The van der Waals surface area contributed by atoms with E-state index in [1.165, 1.54) is 22.0 Å². The van der Waals surface area contributed by atoms with E-state index in [-0.39, 0.29) is 24.0 Å². The molecular formula is C25H33IN4O. The summed E-state index contributed by atoms with van der Waals surface area (Å²) in [6.45, 7) is 7.35. The molecule has 166 valence electrons. The number of para-hydroxylation sites is 1. The largest absolute Gasteiger partial charge is 0.376 e. The van der Waals surface area contributed by atoms with Crippen molar-refractivity contribution < 1.29 is 4.74 Å². The molecule has 1 saturated heterocycles. The van der Waals surface area contributed by atoms with Crippen LogP contribution in [0.5, 0.6) is 0 Å². The normalized spacial score (nSPS) is 16.5. The summed E-state index contributed by atoms with van der Waals surface area (Å²) in [4.78, 5) is 10.7. The van der Waals surface area contributed by atoms with E-state index in [2.05, 4.69) is 76.9 Å². The summed E-state index contributed by atoms with van der Waals surface area (Å²) in [5, 5.41) is 4.77. The van der Waals surface area contributed by atoms with Crippen molar-refractivity contribution in [3.8, 4) is 0 Å². The van der Waals surface area contributed by atoms with Gasteiger partial charge < -0.3 is 19.9 Å². The van der Waals surface area contributed by atoms with E-state index in [1.54, 1.807) is 0 Å². The summed E-state index contributed by atoms with van der Waals surface area (Å²) in [6.07, 6.45) is 4.21. The molecule has 31 heavy (non-hydrogen) atoms. The maximum absolute atomic E-state index is 5.97. The molecule has 1 aliphatic heterocycles. The third kappa shape index (κ3) is 6.46. The quantitative estimate of drug-likeness (QED) is 0.248. The molecule has 2 N–H and O–H groups in total. The van der Waals surface area contributed by atoms with Crippen LogP contribution in [0.15, 0.2) is 65.8 Å². The molecule has 4 rings (SSSR count). The predicted octanol–water partition coefficient (Wildman–Crippen LogP) is 4.83. The number of ether oxygens (including phenoxy) is 1. The van der Waals surface area contributed by atoms with Crippen molar-refractivity contribution >= 4 is 40.8 Å². The molecule has 5 nitrogen and oxygen atoms in total. The van der Waals surface area contributed by atoms with Crippen LogP contribution < -0.4 is 5.32 Å². The highest BCUT2D eigenvalue weighted by molar-refractivity contribution is 14.0. The molecule has 0 aliphatic carbocycles. The first-order valence-electron chi connectivity index (χ1n) is 11.0. The number of guanidine groups is 1. The van der Waals surface area contributed by atoms with Gasteiger partial charge in [-0.05, 0) is 37.0 Å². The summed E-state index contributed by atoms with van der Waals surface area (Å²) < 4.78 is 5.97. The van der Waals surface area contributed by atoms with Crippen molar-refractivity contribution in [1.29, 1.82) is 0 Å². The number of likely N-dealkylation sites (tertiary alicyclic amines) is 1. The lowest BCUT2D eigenvalue weighted by molar-refractivity contribution is 0.0907. The molecule has 0 saturated carbocycles. The van der Waals surface area contributed by atoms with Crippen LogP contribution in [0.2, 0.25) is 0 Å².